The Hall–Kier alpha value is -1.29. The van der Waals surface area contributed by atoms with Gasteiger partial charge in [-0.1, -0.05) is 0 Å². The number of hydrogen-bond donors (Lipinski definition) is 2. The molecule has 0 bridgehead atoms. The van der Waals surface area contributed by atoms with Gasteiger partial charge in [-0.3, -0.25) is 9.69 Å². The summed E-state index contributed by atoms with van der Waals surface area (Å²) >= 11 is 5.52. The summed E-state index contributed by atoms with van der Waals surface area (Å²) in [4.78, 5) is 13.9. The molecule has 112 valence electrons. The molecule has 2 N–H and O–H groups in total. The van der Waals surface area contributed by atoms with E-state index in [9.17, 15) is 4.79 Å². The topological polar surface area (TPSA) is 77.4 Å². The zero-order valence-electron chi connectivity index (χ0n) is 11.5. The third-order valence-electron chi connectivity index (χ3n) is 2.88. The van der Waals surface area contributed by atoms with Crippen LogP contribution in [0.25, 0.3) is 0 Å². The van der Waals surface area contributed by atoms with Gasteiger partial charge in [-0.15, -0.1) is 11.6 Å². The number of amides is 1. The van der Waals surface area contributed by atoms with Crippen LogP contribution in [0, 0.1) is 11.3 Å². The Kier molecular flexibility index (Phi) is 8.79. The van der Waals surface area contributed by atoms with Gasteiger partial charge in [0.1, 0.15) is 11.6 Å². The molecule has 0 aromatic carbocycles. The van der Waals surface area contributed by atoms with E-state index < -0.39 is 0 Å². The number of nitrogens with zero attached hydrogens (tertiary/aromatic N) is 2. The maximum Gasteiger partial charge on any atom is 0.263 e. The molecular formula is C13H21ClN4O2. The summed E-state index contributed by atoms with van der Waals surface area (Å²) in [7, 11) is 0. The molecule has 6 nitrogen and oxygen atoms in total. The average molecular weight is 301 g/mol. The lowest BCUT2D eigenvalue weighted by molar-refractivity contribution is -0.117. The molecule has 0 radical (unpaired) electrons. The molecule has 0 aliphatic carbocycles. The lowest BCUT2D eigenvalue weighted by Crippen LogP contribution is -2.39. The maximum atomic E-state index is 11.6. The zero-order valence-corrected chi connectivity index (χ0v) is 12.3. The Bertz CT molecular complexity index is 362. The van der Waals surface area contributed by atoms with Crippen LogP contribution in [0.4, 0.5) is 0 Å². The maximum absolute atomic E-state index is 11.6. The van der Waals surface area contributed by atoms with E-state index in [1.807, 2.05) is 6.07 Å². The second-order valence-corrected chi connectivity index (χ2v) is 4.75. The van der Waals surface area contributed by atoms with Gasteiger partial charge in [-0.25, -0.2) is 0 Å². The molecule has 1 aliphatic heterocycles. The summed E-state index contributed by atoms with van der Waals surface area (Å²) in [6, 6.07) is 1.89. The number of morpholine rings is 1. The minimum absolute atomic E-state index is 0.0848. The van der Waals surface area contributed by atoms with Gasteiger partial charge in [0.05, 0.1) is 13.2 Å². The molecule has 0 aromatic rings. The third kappa shape index (κ3) is 6.75. The van der Waals surface area contributed by atoms with Crippen LogP contribution in [-0.4, -0.2) is 62.6 Å². The van der Waals surface area contributed by atoms with Gasteiger partial charge in [0.25, 0.3) is 5.91 Å². The third-order valence-corrected chi connectivity index (χ3v) is 3.15. The Morgan fingerprint density at radius 2 is 2.15 bits per heavy atom. The molecule has 1 amide bonds. The Morgan fingerprint density at radius 1 is 1.40 bits per heavy atom. The summed E-state index contributed by atoms with van der Waals surface area (Å²) in [5, 5.41) is 14.6. The second-order valence-electron chi connectivity index (χ2n) is 4.38. The van der Waals surface area contributed by atoms with Gasteiger partial charge >= 0.3 is 0 Å². The minimum atomic E-state index is -0.364. The highest BCUT2D eigenvalue weighted by Crippen LogP contribution is 1.95. The van der Waals surface area contributed by atoms with E-state index >= 15 is 0 Å². The first kappa shape index (κ1) is 16.8. The van der Waals surface area contributed by atoms with Crippen LogP contribution < -0.4 is 10.6 Å². The summed E-state index contributed by atoms with van der Waals surface area (Å²) in [5.41, 5.74) is 0.0848. The normalized spacial score (nSPS) is 16.5. The fourth-order valence-electron chi connectivity index (χ4n) is 1.73. The van der Waals surface area contributed by atoms with Crippen LogP contribution >= 0.6 is 11.6 Å². The molecule has 1 heterocycles. The number of carbonyl (C=O) groups excluding carboxylic acids is 1. The van der Waals surface area contributed by atoms with Crippen molar-refractivity contribution in [3.8, 4) is 6.07 Å². The van der Waals surface area contributed by atoms with Crippen LogP contribution in [0.15, 0.2) is 11.8 Å². The summed E-state index contributed by atoms with van der Waals surface area (Å²) in [6.07, 6.45) is 2.16. The van der Waals surface area contributed by atoms with E-state index in [4.69, 9.17) is 21.6 Å². The van der Waals surface area contributed by atoms with Crippen LogP contribution in [-0.2, 0) is 9.53 Å². The van der Waals surface area contributed by atoms with Crippen molar-refractivity contribution >= 4 is 17.5 Å². The number of nitrogens with one attached hydrogen (secondary N) is 2. The molecule has 20 heavy (non-hydrogen) atoms. The van der Waals surface area contributed by atoms with Crippen LogP contribution in [0.5, 0.6) is 0 Å². The SMILES string of the molecule is N#C/C(=C/NCCN1CCOCC1)C(=O)NCCCCl. The largest absolute Gasteiger partial charge is 0.388 e. The molecule has 0 aromatic heterocycles. The first-order chi connectivity index (χ1) is 9.77. The van der Waals surface area contributed by atoms with Gasteiger partial charge in [0.15, 0.2) is 0 Å². The van der Waals surface area contributed by atoms with Crippen LogP contribution in [0.3, 0.4) is 0 Å². The summed E-state index contributed by atoms with van der Waals surface area (Å²) in [5.74, 6) is 0.125. The molecule has 0 spiro atoms. The van der Waals surface area contributed by atoms with Gasteiger partial charge < -0.3 is 15.4 Å². The summed E-state index contributed by atoms with van der Waals surface area (Å²) < 4.78 is 5.26. The van der Waals surface area contributed by atoms with Gasteiger partial charge in [0.2, 0.25) is 0 Å². The molecule has 0 atom stereocenters. The highest BCUT2D eigenvalue weighted by atomic mass is 35.5. The van der Waals surface area contributed by atoms with Gasteiger partial charge in [0, 0.05) is 44.8 Å². The average Bonchev–Trinajstić information content (AvgIpc) is 2.48. The van der Waals surface area contributed by atoms with Crippen molar-refractivity contribution in [2.45, 2.75) is 6.42 Å². The highest BCUT2D eigenvalue weighted by molar-refractivity contribution is 6.17. The minimum Gasteiger partial charge on any atom is -0.388 e. The van der Waals surface area contributed by atoms with Crippen molar-refractivity contribution in [2.24, 2.45) is 0 Å². The van der Waals surface area contributed by atoms with Crippen LogP contribution in [0.1, 0.15) is 6.42 Å². The number of rotatable bonds is 8. The molecular weight excluding hydrogens is 280 g/mol. The molecule has 7 heteroatoms. The molecule has 1 fully saturated rings. The number of carbonyl (C=O) groups is 1. The lowest BCUT2D eigenvalue weighted by Gasteiger charge is -2.26. The lowest BCUT2D eigenvalue weighted by atomic mass is 10.3. The first-order valence-corrected chi connectivity index (χ1v) is 7.29. The smallest absolute Gasteiger partial charge is 0.263 e. The van der Waals surface area contributed by atoms with Crippen molar-refractivity contribution in [3.63, 3.8) is 0 Å². The monoisotopic (exact) mass is 300 g/mol. The quantitative estimate of drug-likeness (QED) is 0.287. The van der Waals surface area contributed by atoms with Gasteiger partial charge in [-0.05, 0) is 6.42 Å². The predicted octanol–water partition coefficient (Wildman–Crippen LogP) is 0.0608. The van der Waals surface area contributed by atoms with Crippen molar-refractivity contribution in [1.29, 1.82) is 5.26 Å². The number of nitriles is 1. The molecule has 0 saturated carbocycles. The Labute approximate surface area is 124 Å². The Balaban J connectivity index is 2.23. The van der Waals surface area contributed by atoms with E-state index in [1.54, 1.807) is 0 Å². The van der Waals surface area contributed by atoms with Crippen LogP contribution in [0.2, 0.25) is 0 Å². The zero-order chi connectivity index (χ0) is 14.6. The molecule has 0 unspecified atom stereocenters. The fraction of sp³-hybridized carbons (Fsp3) is 0.692. The number of ether oxygens (including phenoxy) is 1. The second kappa shape index (κ2) is 10.5. The van der Waals surface area contributed by atoms with Crippen molar-refractivity contribution in [1.82, 2.24) is 15.5 Å². The molecule has 1 aliphatic rings. The summed E-state index contributed by atoms with van der Waals surface area (Å²) in [6.45, 7) is 5.43. The van der Waals surface area contributed by atoms with Gasteiger partial charge in [-0.2, -0.15) is 5.26 Å². The standard InChI is InChI=1S/C13H21ClN4O2/c14-2-1-3-17-13(19)12(10-15)11-16-4-5-18-6-8-20-9-7-18/h11,16H,1-9H2,(H,17,19)/b12-11-. The number of halogens is 1. The van der Waals surface area contributed by atoms with Crippen molar-refractivity contribution in [2.75, 3.05) is 51.8 Å². The van der Waals surface area contributed by atoms with E-state index in [2.05, 4.69) is 15.5 Å². The molecule has 1 saturated heterocycles. The van der Waals surface area contributed by atoms with Crippen molar-refractivity contribution in [3.05, 3.63) is 11.8 Å². The Morgan fingerprint density at radius 3 is 2.80 bits per heavy atom. The predicted molar refractivity (Wildman–Crippen MR) is 77.3 cm³/mol. The van der Waals surface area contributed by atoms with E-state index in [1.165, 1.54) is 6.20 Å². The van der Waals surface area contributed by atoms with E-state index in [0.29, 0.717) is 25.4 Å². The molecule has 1 rings (SSSR count). The number of hydrogen-bond acceptors (Lipinski definition) is 5. The van der Waals surface area contributed by atoms with E-state index in [-0.39, 0.29) is 11.5 Å². The van der Waals surface area contributed by atoms with Crippen molar-refractivity contribution < 1.29 is 9.53 Å². The fourth-order valence-corrected chi connectivity index (χ4v) is 1.87. The van der Waals surface area contributed by atoms with E-state index in [0.717, 1.165) is 32.8 Å². The number of alkyl halides is 1. The highest BCUT2D eigenvalue weighted by Gasteiger charge is 2.10. The first-order valence-electron chi connectivity index (χ1n) is 6.76.